The number of hydrogen-bond donors (Lipinski definition) is 1. The summed E-state index contributed by atoms with van der Waals surface area (Å²) in [6.45, 7) is 0.0631. The number of benzene rings is 2. The summed E-state index contributed by atoms with van der Waals surface area (Å²) in [6, 6.07) is 8.82. The van der Waals surface area contributed by atoms with Gasteiger partial charge in [0.1, 0.15) is 17.2 Å². The van der Waals surface area contributed by atoms with Crippen LogP contribution in [0, 0.1) is 0 Å². The van der Waals surface area contributed by atoms with Crippen LogP contribution in [0.3, 0.4) is 0 Å². The van der Waals surface area contributed by atoms with Gasteiger partial charge in [0.25, 0.3) is 0 Å². The SMILES string of the molecule is O=S1N=C(N2Cc3cc(OC(F)(F)F)ccc3O2)Nc2c(OC3=C(Cl)C=CCC3)cccc21. The van der Waals surface area contributed by atoms with Gasteiger partial charge in [0.2, 0.25) is 5.96 Å². The molecule has 2 aromatic rings. The van der Waals surface area contributed by atoms with E-state index in [0.717, 1.165) is 12.5 Å². The van der Waals surface area contributed by atoms with Crippen molar-refractivity contribution in [3.8, 4) is 17.2 Å². The molecule has 1 N–H and O–H groups in total. The average Bonchev–Trinajstić information content (AvgIpc) is 3.18. The Kier molecular flexibility index (Phi) is 5.45. The lowest BCUT2D eigenvalue weighted by atomic mass is 10.1. The number of anilines is 1. The Bertz CT molecular complexity index is 1250. The van der Waals surface area contributed by atoms with Crippen LogP contribution < -0.4 is 19.6 Å². The van der Waals surface area contributed by atoms with Gasteiger partial charge in [0.15, 0.2) is 22.5 Å². The summed E-state index contributed by atoms with van der Waals surface area (Å²) >= 11 is 6.24. The van der Waals surface area contributed by atoms with E-state index in [9.17, 15) is 17.4 Å². The molecule has 1 unspecified atom stereocenters. The highest BCUT2D eigenvalue weighted by molar-refractivity contribution is 7.84. The number of halogens is 4. The van der Waals surface area contributed by atoms with E-state index in [4.69, 9.17) is 21.2 Å². The first-order chi connectivity index (χ1) is 15.8. The molecule has 172 valence electrons. The van der Waals surface area contributed by atoms with Crippen molar-refractivity contribution >= 4 is 34.2 Å². The molecular weight excluding hydrogens is 483 g/mol. The van der Waals surface area contributed by atoms with Gasteiger partial charge in [0.05, 0.1) is 16.5 Å². The van der Waals surface area contributed by atoms with Crippen molar-refractivity contribution in [2.75, 3.05) is 5.32 Å². The van der Waals surface area contributed by atoms with Gasteiger partial charge in [-0.1, -0.05) is 23.7 Å². The van der Waals surface area contributed by atoms with Gasteiger partial charge in [-0.05, 0) is 42.8 Å². The fourth-order valence-electron chi connectivity index (χ4n) is 3.47. The summed E-state index contributed by atoms with van der Waals surface area (Å²) in [5.41, 5.74) is 0.890. The van der Waals surface area contributed by atoms with Crippen LogP contribution in [0.2, 0.25) is 0 Å². The fraction of sp³-hybridized carbons (Fsp3) is 0.190. The number of rotatable bonds is 3. The molecule has 2 aromatic carbocycles. The molecule has 7 nitrogen and oxygen atoms in total. The van der Waals surface area contributed by atoms with Crippen molar-refractivity contribution in [3.05, 3.63) is 64.9 Å². The second-order valence-electron chi connectivity index (χ2n) is 7.18. The van der Waals surface area contributed by atoms with Gasteiger partial charge in [-0.3, -0.25) is 0 Å². The maximum atomic E-state index is 12.8. The highest BCUT2D eigenvalue weighted by atomic mass is 35.5. The van der Waals surface area contributed by atoms with Crippen LogP contribution in [0.5, 0.6) is 17.2 Å². The monoisotopic (exact) mass is 497 g/mol. The van der Waals surface area contributed by atoms with Crippen molar-refractivity contribution in [1.82, 2.24) is 5.06 Å². The van der Waals surface area contributed by atoms with E-state index in [0.29, 0.717) is 44.9 Å². The van der Waals surface area contributed by atoms with Gasteiger partial charge in [-0.2, -0.15) is 5.06 Å². The van der Waals surface area contributed by atoms with Crippen LogP contribution >= 0.6 is 11.6 Å². The van der Waals surface area contributed by atoms with Crippen molar-refractivity contribution in [3.63, 3.8) is 0 Å². The Hall–Kier alpha value is -3.18. The number of guanidine groups is 1. The molecule has 33 heavy (non-hydrogen) atoms. The largest absolute Gasteiger partial charge is 0.573 e. The molecule has 1 atom stereocenters. The zero-order valence-electron chi connectivity index (χ0n) is 16.7. The molecule has 0 saturated carbocycles. The Balaban J connectivity index is 1.38. The molecule has 1 aliphatic carbocycles. The Labute approximate surface area is 193 Å². The minimum absolute atomic E-state index is 0.0631. The second-order valence-corrected chi connectivity index (χ2v) is 8.71. The van der Waals surface area contributed by atoms with Crippen LogP contribution in [0.25, 0.3) is 0 Å². The Morgan fingerprint density at radius 2 is 2.09 bits per heavy atom. The molecule has 5 rings (SSSR count). The predicted molar refractivity (Wildman–Crippen MR) is 115 cm³/mol. The number of para-hydroxylation sites is 1. The summed E-state index contributed by atoms with van der Waals surface area (Å²) in [5, 5.41) is 4.85. The third kappa shape index (κ3) is 4.51. The van der Waals surface area contributed by atoms with E-state index in [-0.39, 0.29) is 18.3 Å². The zero-order chi connectivity index (χ0) is 23.2. The topological polar surface area (TPSA) is 72.4 Å². The summed E-state index contributed by atoms with van der Waals surface area (Å²) < 4.78 is 64.5. The van der Waals surface area contributed by atoms with Gasteiger partial charge < -0.3 is 19.6 Å². The molecule has 0 spiro atoms. The van der Waals surface area contributed by atoms with Crippen molar-refractivity contribution in [1.29, 1.82) is 0 Å². The predicted octanol–water partition coefficient (Wildman–Crippen LogP) is 5.38. The summed E-state index contributed by atoms with van der Waals surface area (Å²) in [4.78, 5) is 6.10. The molecule has 3 aliphatic rings. The van der Waals surface area contributed by atoms with Crippen LogP contribution in [0.15, 0.2) is 68.6 Å². The molecule has 0 bridgehead atoms. The van der Waals surface area contributed by atoms with Crippen LogP contribution in [-0.4, -0.2) is 21.6 Å². The van der Waals surface area contributed by atoms with Gasteiger partial charge in [-0.15, -0.1) is 17.6 Å². The van der Waals surface area contributed by atoms with E-state index >= 15 is 0 Å². The summed E-state index contributed by atoms with van der Waals surface area (Å²) in [5.74, 6) is 1.10. The normalized spacial score (nSPS) is 19.3. The maximum absolute atomic E-state index is 12.8. The third-order valence-electron chi connectivity index (χ3n) is 4.91. The van der Waals surface area contributed by atoms with Crippen LogP contribution in [-0.2, 0) is 17.5 Å². The number of hydroxylamine groups is 2. The van der Waals surface area contributed by atoms with E-state index in [1.54, 1.807) is 24.3 Å². The first-order valence-electron chi connectivity index (χ1n) is 9.75. The lowest BCUT2D eigenvalue weighted by molar-refractivity contribution is -0.274. The number of allylic oxidation sites excluding steroid dienone is 4. The van der Waals surface area contributed by atoms with Gasteiger partial charge in [0, 0.05) is 12.0 Å². The Morgan fingerprint density at radius 1 is 1.24 bits per heavy atom. The zero-order valence-corrected chi connectivity index (χ0v) is 18.3. The quantitative estimate of drug-likeness (QED) is 0.614. The van der Waals surface area contributed by atoms with E-state index < -0.39 is 17.3 Å². The molecule has 0 aromatic heterocycles. The highest BCUT2D eigenvalue weighted by Crippen LogP contribution is 2.39. The van der Waals surface area contributed by atoms with Crippen molar-refractivity contribution in [2.24, 2.45) is 4.40 Å². The molecule has 12 heteroatoms. The summed E-state index contributed by atoms with van der Waals surface area (Å²) in [7, 11) is -1.76. The molecule has 0 fully saturated rings. The number of nitrogens with zero attached hydrogens (tertiary/aromatic N) is 2. The number of alkyl halides is 3. The van der Waals surface area contributed by atoms with Crippen molar-refractivity contribution in [2.45, 2.75) is 30.6 Å². The fourth-order valence-corrected chi connectivity index (χ4v) is 4.61. The van der Waals surface area contributed by atoms with Gasteiger partial charge in [-0.25, -0.2) is 4.21 Å². The lowest BCUT2D eigenvalue weighted by Crippen LogP contribution is -2.37. The minimum atomic E-state index is -4.80. The van der Waals surface area contributed by atoms with Crippen molar-refractivity contribution < 1.29 is 31.7 Å². The first kappa shape index (κ1) is 21.7. The maximum Gasteiger partial charge on any atom is 0.573 e. The standard InChI is InChI=1S/C21H15ClF3N3O4S/c22-14-4-1-2-5-16(14)30-17-6-3-7-18-19(17)26-20(27-33(18)29)28-11-12-10-13(31-21(23,24)25)8-9-15(12)32-28/h1,3-4,6-10H,2,5,11H2,(H,26,27). The van der Waals surface area contributed by atoms with E-state index in [1.807, 2.05) is 6.08 Å². The third-order valence-corrected chi connectivity index (χ3v) is 6.30. The first-order valence-corrected chi connectivity index (χ1v) is 11.2. The number of nitrogens with one attached hydrogen (secondary N) is 1. The van der Waals surface area contributed by atoms with Crippen LogP contribution in [0.4, 0.5) is 18.9 Å². The molecule has 2 aliphatic heterocycles. The van der Waals surface area contributed by atoms with E-state index in [1.165, 1.54) is 17.2 Å². The number of fused-ring (bicyclic) bond motifs is 2. The second kappa shape index (κ2) is 8.31. The van der Waals surface area contributed by atoms with Gasteiger partial charge >= 0.3 is 6.36 Å². The van der Waals surface area contributed by atoms with Crippen LogP contribution in [0.1, 0.15) is 18.4 Å². The molecule has 2 heterocycles. The smallest absolute Gasteiger partial charge is 0.458 e. The summed E-state index contributed by atoms with van der Waals surface area (Å²) in [6.07, 6.45) is 0.315. The highest BCUT2D eigenvalue weighted by Gasteiger charge is 2.34. The minimum Gasteiger partial charge on any atom is -0.458 e. The number of ether oxygens (including phenoxy) is 2. The molecule has 0 radical (unpaired) electrons. The molecule has 0 amide bonds. The Morgan fingerprint density at radius 3 is 2.88 bits per heavy atom. The number of hydrogen-bond acceptors (Lipinski definition) is 6. The lowest BCUT2D eigenvalue weighted by Gasteiger charge is -2.25. The van der Waals surface area contributed by atoms with E-state index in [2.05, 4.69) is 14.5 Å². The molecular formula is C21H15ClF3N3O4S. The molecule has 0 saturated heterocycles. The average molecular weight is 498 g/mol.